The van der Waals surface area contributed by atoms with Gasteiger partial charge in [0, 0.05) is 42.6 Å². The lowest BCUT2D eigenvalue weighted by Crippen LogP contribution is -2.31. The van der Waals surface area contributed by atoms with Gasteiger partial charge >= 0.3 is 0 Å². The summed E-state index contributed by atoms with van der Waals surface area (Å²) >= 11 is 0. The number of nitrogens with zero attached hydrogens (tertiary/aromatic N) is 2. The number of benzene rings is 3. The van der Waals surface area contributed by atoms with Crippen molar-refractivity contribution >= 4 is 29.4 Å². The first-order valence-electron chi connectivity index (χ1n) is 12.2. The van der Waals surface area contributed by atoms with E-state index in [2.05, 4.69) is 5.32 Å². The molecule has 0 spiro atoms. The van der Waals surface area contributed by atoms with E-state index in [1.165, 1.54) is 24.3 Å². The zero-order valence-electron chi connectivity index (χ0n) is 21.7. The molecule has 0 atom stereocenters. The van der Waals surface area contributed by atoms with Gasteiger partial charge < -0.3 is 14.8 Å². The number of nitrogens with one attached hydrogen (secondary N) is 3. The molecule has 1 aliphatic carbocycles. The first-order chi connectivity index (χ1) is 19.0. The van der Waals surface area contributed by atoms with Gasteiger partial charge in [-0.05, 0) is 73.5 Å². The van der Waals surface area contributed by atoms with Gasteiger partial charge in [-0.1, -0.05) is 0 Å². The van der Waals surface area contributed by atoms with Crippen LogP contribution in [0.2, 0.25) is 0 Å². The van der Waals surface area contributed by atoms with Gasteiger partial charge in [0.15, 0.2) is 11.7 Å². The number of hydroxylamine groups is 4. The molecule has 1 saturated carbocycles. The van der Waals surface area contributed by atoms with E-state index in [0.29, 0.717) is 28.6 Å². The molecule has 3 aromatic carbocycles. The molecule has 0 aliphatic heterocycles. The Balaban J connectivity index is 1.55. The van der Waals surface area contributed by atoms with Gasteiger partial charge in [-0.15, -0.1) is 0 Å². The maximum absolute atomic E-state index is 12.8. The molecule has 0 heterocycles. The quantitative estimate of drug-likeness (QED) is 0.121. The highest BCUT2D eigenvalue weighted by Gasteiger charge is 2.24. The second-order valence-corrected chi connectivity index (χ2v) is 9.05. The summed E-state index contributed by atoms with van der Waals surface area (Å²) in [5.74, 6) is -1.12. The van der Waals surface area contributed by atoms with Crippen LogP contribution in [-0.4, -0.2) is 56.0 Å². The number of rotatable bonds is 8. The van der Waals surface area contributed by atoms with E-state index >= 15 is 0 Å². The molecular weight excluding hydrogens is 518 g/mol. The Bertz CT molecular complexity index is 1370. The van der Waals surface area contributed by atoms with Crippen LogP contribution in [0.3, 0.4) is 0 Å². The molecule has 3 aromatic rings. The highest BCUT2D eigenvalue weighted by atomic mass is 16.5. The summed E-state index contributed by atoms with van der Waals surface area (Å²) < 4.78 is 11.9. The van der Waals surface area contributed by atoms with Crippen molar-refractivity contribution in [3.05, 3.63) is 83.4 Å². The first kappa shape index (κ1) is 28.0. The topological polar surface area (TPSA) is 176 Å². The number of hydrogen-bond donors (Lipinski definition) is 5. The Hall–Kier alpha value is -5.07. The lowest BCUT2D eigenvalue weighted by atomic mass is 10.1. The van der Waals surface area contributed by atoms with Crippen LogP contribution in [0.25, 0.3) is 0 Å². The SMILES string of the molecule is CC(=O)N(O)C(=N)c1ccc(Oc2cc(Oc3ccc(C(=N)N(O)C(C)=O)cc3)cc(C(=O)NC3CC3)c2)cc1. The minimum atomic E-state index is -0.696. The number of ether oxygens (including phenoxy) is 2. The molecular formula is C28H27N5O7. The van der Waals surface area contributed by atoms with Gasteiger partial charge in [0.05, 0.1) is 0 Å². The standard InChI is InChI=1S/C28H27N5O7/c1-16(34)32(37)26(29)18-3-9-22(10-4-18)39-24-13-20(28(36)31-21-7-8-21)14-25(15-24)40-23-11-5-19(6-12-23)27(30)33(38)17(2)35/h3-6,9-15,21,29-30,37-38H,7-8H2,1-2H3,(H,31,36). The first-order valence-corrected chi connectivity index (χ1v) is 12.2. The molecule has 206 valence electrons. The average molecular weight is 546 g/mol. The Labute approximate surface area is 229 Å². The number of amidine groups is 2. The number of carbonyl (C=O) groups is 3. The third kappa shape index (κ3) is 6.87. The van der Waals surface area contributed by atoms with Gasteiger partial charge in [-0.3, -0.25) is 35.6 Å². The van der Waals surface area contributed by atoms with Crippen molar-refractivity contribution in [3.8, 4) is 23.0 Å². The monoisotopic (exact) mass is 545 g/mol. The third-order valence-corrected chi connectivity index (χ3v) is 5.80. The van der Waals surface area contributed by atoms with E-state index in [0.717, 1.165) is 26.7 Å². The Kier molecular flexibility index (Phi) is 8.22. The molecule has 0 aromatic heterocycles. The van der Waals surface area contributed by atoms with Crippen LogP contribution in [0.1, 0.15) is 48.2 Å². The zero-order chi connectivity index (χ0) is 29.0. The van der Waals surface area contributed by atoms with Crippen molar-refractivity contribution in [3.63, 3.8) is 0 Å². The smallest absolute Gasteiger partial charge is 0.251 e. The molecule has 12 nitrogen and oxygen atoms in total. The van der Waals surface area contributed by atoms with Crippen LogP contribution < -0.4 is 14.8 Å². The summed E-state index contributed by atoms with van der Waals surface area (Å²) in [7, 11) is 0. The molecule has 5 N–H and O–H groups in total. The van der Waals surface area contributed by atoms with E-state index in [4.69, 9.17) is 20.3 Å². The minimum absolute atomic E-state index is 0.134. The number of amides is 3. The second kappa shape index (κ2) is 11.8. The Morgan fingerprint density at radius 3 is 1.45 bits per heavy atom. The molecule has 0 bridgehead atoms. The largest absolute Gasteiger partial charge is 0.457 e. The molecule has 40 heavy (non-hydrogen) atoms. The molecule has 0 radical (unpaired) electrons. The Morgan fingerprint density at radius 2 is 1.10 bits per heavy atom. The molecule has 0 unspecified atom stereocenters. The fraction of sp³-hybridized carbons (Fsp3) is 0.179. The van der Waals surface area contributed by atoms with Crippen LogP contribution >= 0.6 is 0 Å². The van der Waals surface area contributed by atoms with Crippen LogP contribution in [0, 0.1) is 10.8 Å². The number of carbonyl (C=O) groups excluding carboxylic acids is 3. The van der Waals surface area contributed by atoms with Crippen molar-refractivity contribution in [2.24, 2.45) is 0 Å². The number of hydrogen-bond acceptors (Lipinski definition) is 9. The van der Waals surface area contributed by atoms with Crippen molar-refractivity contribution in [2.75, 3.05) is 0 Å². The van der Waals surface area contributed by atoms with E-state index in [1.54, 1.807) is 42.5 Å². The molecule has 1 fully saturated rings. The molecule has 0 saturated heterocycles. The van der Waals surface area contributed by atoms with E-state index in [-0.39, 0.29) is 44.9 Å². The van der Waals surface area contributed by atoms with Gasteiger partial charge in [0.25, 0.3) is 5.91 Å². The maximum atomic E-state index is 12.8. The van der Waals surface area contributed by atoms with Crippen LogP contribution in [-0.2, 0) is 9.59 Å². The van der Waals surface area contributed by atoms with Crippen LogP contribution in [0.15, 0.2) is 66.7 Å². The predicted octanol–water partition coefficient (Wildman–Crippen LogP) is 4.29. The lowest BCUT2D eigenvalue weighted by Gasteiger charge is -2.15. The maximum Gasteiger partial charge on any atom is 0.251 e. The van der Waals surface area contributed by atoms with Crippen molar-refractivity contribution in [1.82, 2.24) is 15.4 Å². The van der Waals surface area contributed by atoms with Crippen molar-refractivity contribution in [2.45, 2.75) is 32.7 Å². The van der Waals surface area contributed by atoms with E-state index in [9.17, 15) is 24.8 Å². The fourth-order valence-corrected chi connectivity index (χ4v) is 3.51. The van der Waals surface area contributed by atoms with Crippen molar-refractivity contribution < 1.29 is 34.3 Å². The zero-order valence-corrected chi connectivity index (χ0v) is 21.7. The van der Waals surface area contributed by atoms with Crippen molar-refractivity contribution in [1.29, 1.82) is 10.8 Å². The fourth-order valence-electron chi connectivity index (χ4n) is 3.51. The molecule has 3 amide bonds. The summed E-state index contributed by atoms with van der Waals surface area (Å²) in [5.41, 5.74) is 0.887. The summed E-state index contributed by atoms with van der Waals surface area (Å²) in [5, 5.41) is 38.6. The summed E-state index contributed by atoms with van der Waals surface area (Å²) in [6, 6.07) is 17.1. The molecule has 4 rings (SSSR count). The van der Waals surface area contributed by atoms with Gasteiger partial charge in [-0.25, -0.2) is 0 Å². The second-order valence-electron chi connectivity index (χ2n) is 9.05. The molecule has 1 aliphatic rings. The summed E-state index contributed by atoms with van der Waals surface area (Å²) in [6.07, 6.45) is 1.83. The minimum Gasteiger partial charge on any atom is -0.457 e. The summed E-state index contributed by atoms with van der Waals surface area (Å²) in [4.78, 5) is 35.4. The average Bonchev–Trinajstić information content (AvgIpc) is 3.76. The third-order valence-electron chi connectivity index (χ3n) is 5.80. The molecule has 12 heteroatoms. The van der Waals surface area contributed by atoms with Gasteiger partial charge in [0.1, 0.15) is 23.0 Å². The van der Waals surface area contributed by atoms with E-state index in [1.807, 2.05) is 0 Å². The van der Waals surface area contributed by atoms with Gasteiger partial charge in [0.2, 0.25) is 11.8 Å². The lowest BCUT2D eigenvalue weighted by molar-refractivity contribution is -0.147. The van der Waals surface area contributed by atoms with Gasteiger partial charge in [-0.2, -0.15) is 10.1 Å². The predicted molar refractivity (Wildman–Crippen MR) is 142 cm³/mol. The van der Waals surface area contributed by atoms with E-state index < -0.39 is 11.8 Å². The Morgan fingerprint density at radius 1 is 0.700 bits per heavy atom. The normalized spacial score (nSPS) is 12.2. The highest BCUT2D eigenvalue weighted by Crippen LogP contribution is 2.31. The summed E-state index contributed by atoms with van der Waals surface area (Å²) in [6.45, 7) is 2.27. The highest BCUT2D eigenvalue weighted by molar-refractivity contribution is 6.05. The van der Waals surface area contributed by atoms with Crippen LogP contribution in [0.5, 0.6) is 23.0 Å². The van der Waals surface area contributed by atoms with Crippen LogP contribution in [0.4, 0.5) is 0 Å².